The molecule has 164 valence electrons. The van der Waals surface area contributed by atoms with Crippen molar-refractivity contribution in [2.45, 2.75) is 6.54 Å². The largest absolute Gasteiger partial charge is 0.497 e. The van der Waals surface area contributed by atoms with Crippen molar-refractivity contribution in [3.63, 3.8) is 0 Å². The maximum Gasteiger partial charge on any atom is 0.265 e. The van der Waals surface area contributed by atoms with Crippen molar-refractivity contribution >= 4 is 23.1 Å². The number of nitrogens with two attached hydrogens (primary N) is 1. The van der Waals surface area contributed by atoms with E-state index >= 15 is 0 Å². The van der Waals surface area contributed by atoms with Crippen molar-refractivity contribution in [3.8, 4) is 22.6 Å². The van der Waals surface area contributed by atoms with Crippen LogP contribution >= 0.6 is 0 Å². The smallest absolute Gasteiger partial charge is 0.265 e. The predicted molar refractivity (Wildman–Crippen MR) is 125 cm³/mol. The fraction of sp³-hybridized carbons (Fsp3) is 0.115. The van der Waals surface area contributed by atoms with Crippen LogP contribution in [0.15, 0.2) is 85.2 Å². The molecule has 2 aromatic carbocycles. The van der Waals surface area contributed by atoms with E-state index in [9.17, 15) is 4.79 Å². The van der Waals surface area contributed by atoms with Gasteiger partial charge in [0.25, 0.3) is 5.91 Å². The third-order valence-electron chi connectivity index (χ3n) is 5.47. The van der Waals surface area contributed by atoms with Gasteiger partial charge in [0, 0.05) is 24.5 Å². The molecule has 0 saturated carbocycles. The number of anilines is 1. The van der Waals surface area contributed by atoms with Crippen LogP contribution in [0.25, 0.3) is 11.1 Å². The molecule has 1 amide bonds. The van der Waals surface area contributed by atoms with Gasteiger partial charge in [0.2, 0.25) is 5.82 Å². The van der Waals surface area contributed by atoms with Crippen LogP contribution in [-0.2, 0) is 11.3 Å². The lowest BCUT2D eigenvalue weighted by atomic mass is 10.0. The highest BCUT2D eigenvalue weighted by molar-refractivity contribution is 5.98. The van der Waals surface area contributed by atoms with Crippen LogP contribution in [0.2, 0.25) is 0 Å². The molecule has 0 radical (unpaired) electrons. The summed E-state index contributed by atoms with van der Waals surface area (Å²) in [5, 5.41) is 2.00. The van der Waals surface area contributed by atoms with Gasteiger partial charge in [0.15, 0.2) is 6.61 Å². The zero-order valence-electron chi connectivity index (χ0n) is 18.1. The fourth-order valence-corrected chi connectivity index (χ4v) is 3.82. The van der Waals surface area contributed by atoms with Crippen molar-refractivity contribution in [2.75, 3.05) is 18.6 Å². The van der Waals surface area contributed by atoms with Gasteiger partial charge in [-0.1, -0.05) is 18.2 Å². The van der Waals surface area contributed by atoms with Crippen LogP contribution in [0.1, 0.15) is 5.69 Å². The number of carbonyl (C=O) groups excluding carboxylic acids is 1. The molecule has 0 bridgehead atoms. The van der Waals surface area contributed by atoms with Gasteiger partial charge in [-0.2, -0.15) is 0 Å². The highest BCUT2D eigenvalue weighted by atomic mass is 16.5. The molecular formula is C26H23N4O3+. The Hall–Kier alpha value is -4.23. The van der Waals surface area contributed by atoms with Crippen molar-refractivity contribution in [3.05, 3.63) is 90.9 Å². The van der Waals surface area contributed by atoms with Gasteiger partial charge in [0.05, 0.1) is 25.0 Å². The van der Waals surface area contributed by atoms with E-state index in [-0.39, 0.29) is 12.5 Å². The molecule has 7 heteroatoms. The molecule has 0 unspecified atom stereocenters. The van der Waals surface area contributed by atoms with Crippen LogP contribution in [0.5, 0.6) is 11.5 Å². The Morgan fingerprint density at radius 3 is 2.73 bits per heavy atom. The van der Waals surface area contributed by atoms with Crippen molar-refractivity contribution < 1.29 is 19.6 Å². The number of quaternary nitrogens is 1. The summed E-state index contributed by atoms with van der Waals surface area (Å²) in [6, 6.07) is 23.4. The molecule has 0 atom stereocenters. The fourth-order valence-electron chi connectivity index (χ4n) is 3.82. The first-order valence-electron chi connectivity index (χ1n) is 10.6. The Morgan fingerprint density at radius 2 is 1.88 bits per heavy atom. The second-order valence-electron chi connectivity index (χ2n) is 7.66. The zero-order valence-corrected chi connectivity index (χ0v) is 18.1. The molecular weight excluding hydrogens is 416 g/mol. The van der Waals surface area contributed by atoms with Crippen LogP contribution in [0, 0.1) is 0 Å². The summed E-state index contributed by atoms with van der Waals surface area (Å²) in [7, 11) is 1.65. The lowest BCUT2D eigenvalue weighted by molar-refractivity contribution is -0.483. The number of hydrogen-bond acceptors (Lipinski definition) is 5. The Labute approximate surface area is 191 Å². The third-order valence-corrected chi connectivity index (χ3v) is 5.47. The summed E-state index contributed by atoms with van der Waals surface area (Å²) in [6.45, 7) is 0.415. The van der Waals surface area contributed by atoms with Gasteiger partial charge < -0.3 is 9.47 Å². The summed E-state index contributed by atoms with van der Waals surface area (Å²) >= 11 is 0. The van der Waals surface area contributed by atoms with Crippen LogP contribution in [-0.4, -0.2) is 29.6 Å². The number of aromatic nitrogens is 2. The first kappa shape index (κ1) is 20.7. The van der Waals surface area contributed by atoms with E-state index in [1.165, 1.54) is 0 Å². The number of methoxy groups -OCH3 is 1. The maximum atomic E-state index is 12.7. The monoisotopic (exact) mass is 439 g/mol. The van der Waals surface area contributed by atoms with Gasteiger partial charge in [-0.05, 0) is 53.6 Å². The van der Waals surface area contributed by atoms with Crippen molar-refractivity contribution in [1.82, 2.24) is 9.97 Å². The number of rotatable bonds is 6. The first-order chi connectivity index (χ1) is 16.2. The second-order valence-corrected chi connectivity index (χ2v) is 7.66. The van der Waals surface area contributed by atoms with Crippen LogP contribution in [0.3, 0.4) is 0 Å². The molecule has 0 fully saturated rings. The zero-order chi connectivity index (χ0) is 22.6. The standard InChI is InChI=1S/C26H22N4O3/c1-32-22-7-4-6-20(15-22)29-25-14-19(10-12-28-25)18-8-9-24-23(13-18)30(26(31)17-33-24)16-21-5-2-3-11-27-21/h2-15H,16-17H2,1H3,(H,28,29)/p+1. The molecule has 7 nitrogen and oxygen atoms in total. The van der Waals surface area contributed by atoms with E-state index in [4.69, 9.17) is 9.47 Å². The summed E-state index contributed by atoms with van der Waals surface area (Å²) in [5.41, 5.74) is 4.54. The number of pyridine rings is 2. The van der Waals surface area contributed by atoms with E-state index in [0.29, 0.717) is 12.3 Å². The minimum atomic E-state index is -0.0907. The Balaban J connectivity index is 1.45. The third kappa shape index (κ3) is 4.53. The quantitative estimate of drug-likeness (QED) is 0.464. The SMILES string of the molecule is COc1cccc([NH2+]c2cc(-c3ccc4c(c3)N(Cc3ccccn3)C(=O)CO4)ccn2)c1. The van der Waals surface area contributed by atoms with Gasteiger partial charge in [-0.15, -0.1) is 0 Å². The van der Waals surface area contributed by atoms with Crippen molar-refractivity contribution in [1.29, 1.82) is 0 Å². The Bertz CT molecular complexity index is 1290. The molecule has 5 rings (SSSR count). The van der Waals surface area contributed by atoms with E-state index in [2.05, 4.69) is 9.97 Å². The van der Waals surface area contributed by atoms with E-state index in [1.807, 2.05) is 78.1 Å². The highest BCUT2D eigenvalue weighted by Crippen LogP contribution is 2.37. The molecule has 0 aliphatic carbocycles. The molecule has 2 aromatic heterocycles. The number of ether oxygens (including phenoxy) is 2. The highest BCUT2D eigenvalue weighted by Gasteiger charge is 2.26. The average molecular weight is 439 g/mol. The number of nitrogens with zero attached hydrogens (tertiary/aromatic N) is 3. The van der Waals surface area contributed by atoms with E-state index in [1.54, 1.807) is 24.4 Å². The molecule has 0 saturated heterocycles. The number of amides is 1. The molecule has 4 aromatic rings. The van der Waals surface area contributed by atoms with Crippen LogP contribution < -0.4 is 19.7 Å². The predicted octanol–water partition coefficient (Wildman–Crippen LogP) is 3.60. The Kier molecular flexibility index (Phi) is 5.70. The minimum absolute atomic E-state index is 0.0219. The topological polar surface area (TPSA) is 81.2 Å². The van der Waals surface area contributed by atoms with Gasteiger partial charge in [-0.25, -0.2) is 4.98 Å². The Morgan fingerprint density at radius 1 is 0.970 bits per heavy atom. The number of fused-ring (bicyclic) bond motifs is 1. The minimum Gasteiger partial charge on any atom is -0.497 e. The van der Waals surface area contributed by atoms with Gasteiger partial charge >= 0.3 is 0 Å². The maximum absolute atomic E-state index is 12.7. The van der Waals surface area contributed by atoms with E-state index < -0.39 is 0 Å². The number of carbonyl (C=O) groups is 1. The summed E-state index contributed by atoms with van der Waals surface area (Å²) in [4.78, 5) is 23.3. The number of benzene rings is 2. The summed E-state index contributed by atoms with van der Waals surface area (Å²) in [5.74, 6) is 2.22. The van der Waals surface area contributed by atoms with Crippen molar-refractivity contribution in [2.24, 2.45) is 0 Å². The molecule has 0 spiro atoms. The number of hydrogen-bond donors (Lipinski definition) is 1. The molecule has 3 heterocycles. The molecule has 2 N–H and O–H groups in total. The first-order valence-corrected chi connectivity index (χ1v) is 10.6. The summed E-state index contributed by atoms with van der Waals surface area (Å²) < 4.78 is 11.0. The molecule has 1 aliphatic heterocycles. The molecule has 33 heavy (non-hydrogen) atoms. The van der Waals surface area contributed by atoms with E-state index in [0.717, 1.165) is 39.8 Å². The normalized spacial score (nSPS) is 12.8. The van der Waals surface area contributed by atoms with Gasteiger partial charge in [0.1, 0.15) is 17.2 Å². The lowest BCUT2D eigenvalue weighted by Gasteiger charge is -2.29. The van der Waals surface area contributed by atoms with Gasteiger partial charge in [-0.3, -0.25) is 20.0 Å². The molecule has 1 aliphatic rings. The second kappa shape index (κ2) is 9.10. The van der Waals surface area contributed by atoms with Crippen LogP contribution in [0.4, 0.5) is 17.2 Å². The lowest BCUT2D eigenvalue weighted by Crippen LogP contribution is -2.71. The summed E-state index contributed by atoms with van der Waals surface area (Å²) in [6.07, 6.45) is 3.52. The average Bonchev–Trinajstić information content (AvgIpc) is 2.86.